The van der Waals surface area contributed by atoms with Gasteiger partial charge in [-0.25, -0.2) is 0 Å². The number of piperazine rings is 1. The Morgan fingerprint density at radius 1 is 1.05 bits per heavy atom. The molecule has 0 aromatic carbocycles. The van der Waals surface area contributed by atoms with E-state index >= 15 is 0 Å². The van der Waals surface area contributed by atoms with Gasteiger partial charge in [0.1, 0.15) is 0 Å². The summed E-state index contributed by atoms with van der Waals surface area (Å²) in [6.45, 7) is 11.9. The Balaban J connectivity index is 2.13. The average molecular weight is 299 g/mol. The van der Waals surface area contributed by atoms with Gasteiger partial charge in [0.2, 0.25) is 0 Å². The van der Waals surface area contributed by atoms with E-state index in [4.69, 9.17) is 0 Å². The van der Waals surface area contributed by atoms with E-state index in [9.17, 15) is 0 Å². The first kappa shape index (κ1) is 16.6. The van der Waals surface area contributed by atoms with Crippen molar-refractivity contribution >= 4 is 11.8 Å². The first-order valence-corrected chi connectivity index (χ1v) is 9.85. The molecule has 4 atom stereocenters. The van der Waals surface area contributed by atoms with Crippen LogP contribution in [-0.4, -0.2) is 47.6 Å². The molecule has 0 radical (unpaired) electrons. The molecule has 0 spiro atoms. The van der Waals surface area contributed by atoms with Crippen molar-refractivity contribution in [3.8, 4) is 0 Å². The zero-order valence-electron chi connectivity index (χ0n) is 14.1. The third kappa shape index (κ3) is 3.72. The highest BCUT2D eigenvalue weighted by Crippen LogP contribution is 2.34. The molecule has 0 bridgehead atoms. The third-order valence-electron chi connectivity index (χ3n) is 5.39. The summed E-state index contributed by atoms with van der Waals surface area (Å²) in [5.41, 5.74) is 0. The highest BCUT2D eigenvalue weighted by atomic mass is 32.2. The van der Waals surface area contributed by atoms with Gasteiger partial charge >= 0.3 is 0 Å². The van der Waals surface area contributed by atoms with Crippen molar-refractivity contribution < 1.29 is 0 Å². The lowest BCUT2D eigenvalue weighted by Crippen LogP contribution is -2.64. The van der Waals surface area contributed by atoms with Crippen LogP contribution in [0.5, 0.6) is 0 Å². The standard InChI is InChI=1S/C17H34N2S/c1-12(2)14-11-19(16(10-18-14)13(3)4)15-8-6-7-9-17(15)20-5/h12-18H,6-11H2,1-5H3. The van der Waals surface area contributed by atoms with Crippen LogP contribution < -0.4 is 5.32 Å². The maximum Gasteiger partial charge on any atom is 0.0247 e. The Bertz CT molecular complexity index is 293. The normalized spacial score (nSPS) is 36.8. The van der Waals surface area contributed by atoms with Gasteiger partial charge in [-0.05, 0) is 30.9 Å². The van der Waals surface area contributed by atoms with E-state index in [0.29, 0.717) is 6.04 Å². The lowest BCUT2D eigenvalue weighted by atomic mass is 9.87. The maximum absolute atomic E-state index is 3.80. The maximum atomic E-state index is 3.80. The summed E-state index contributed by atoms with van der Waals surface area (Å²) >= 11 is 2.11. The molecule has 0 aromatic heterocycles. The monoisotopic (exact) mass is 298 g/mol. The fourth-order valence-electron chi connectivity index (χ4n) is 3.99. The molecule has 20 heavy (non-hydrogen) atoms. The zero-order chi connectivity index (χ0) is 14.7. The first-order valence-electron chi connectivity index (χ1n) is 8.56. The molecule has 1 saturated heterocycles. The van der Waals surface area contributed by atoms with Gasteiger partial charge in [-0.15, -0.1) is 0 Å². The fraction of sp³-hybridized carbons (Fsp3) is 1.00. The lowest BCUT2D eigenvalue weighted by Gasteiger charge is -2.50. The van der Waals surface area contributed by atoms with E-state index in [1.165, 1.54) is 38.8 Å². The van der Waals surface area contributed by atoms with E-state index in [2.05, 4.69) is 55.9 Å². The minimum absolute atomic E-state index is 0.675. The summed E-state index contributed by atoms with van der Waals surface area (Å²) in [6, 6.07) is 2.21. The van der Waals surface area contributed by atoms with Crippen molar-refractivity contribution in [2.45, 2.75) is 76.8 Å². The Morgan fingerprint density at radius 3 is 2.35 bits per heavy atom. The van der Waals surface area contributed by atoms with Crippen LogP contribution in [0.15, 0.2) is 0 Å². The second-order valence-electron chi connectivity index (χ2n) is 7.39. The van der Waals surface area contributed by atoms with Crippen LogP contribution >= 0.6 is 11.8 Å². The predicted octanol–water partition coefficient (Wildman–Crippen LogP) is 3.62. The van der Waals surface area contributed by atoms with Crippen molar-refractivity contribution in [2.75, 3.05) is 19.3 Å². The summed E-state index contributed by atoms with van der Waals surface area (Å²) in [6.07, 6.45) is 8.03. The summed E-state index contributed by atoms with van der Waals surface area (Å²) in [7, 11) is 0. The molecule has 1 saturated carbocycles. The van der Waals surface area contributed by atoms with Crippen LogP contribution in [0.25, 0.3) is 0 Å². The molecule has 0 aromatic rings. The molecule has 4 unspecified atom stereocenters. The van der Waals surface area contributed by atoms with Crippen LogP contribution in [0.1, 0.15) is 53.4 Å². The second kappa shape index (κ2) is 7.51. The van der Waals surface area contributed by atoms with Gasteiger partial charge in [0, 0.05) is 36.5 Å². The van der Waals surface area contributed by atoms with Crippen LogP contribution in [0.3, 0.4) is 0 Å². The number of thioether (sulfide) groups is 1. The number of rotatable bonds is 4. The number of hydrogen-bond acceptors (Lipinski definition) is 3. The Morgan fingerprint density at radius 2 is 1.75 bits per heavy atom. The largest absolute Gasteiger partial charge is 0.311 e. The highest BCUT2D eigenvalue weighted by molar-refractivity contribution is 7.99. The van der Waals surface area contributed by atoms with Crippen LogP contribution in [0.4, 0.5) is 0 Å². The first-order chi connectivity index (χ1) is 9.54. The summed E-state index contributed by atoms with van der Waals surface area (Å²) in [5.74, 6) is 1.49. The zero-order valence-corrected chi connectivity index (χ0v) is 14.9. The predicted molar refractivity (Wildman–Crippen MR) is 91.5 cm³/mol. The molecule has 1 aliphatic heterocycles. The van der Waals surface area contributed by atoms with Gasteiger partial charge in [0.05, 0.1) is 0 Å². The van der Waals surface area contributed by atoms with Gasteiger partial charge in [-0.1, -0.05) is 40.5 Å². The van der Waals surface area contributed by atoms with E-state index in [0.717, 1.165) is 29.2 Å². The second-order valence-corrected chi connectivity index (χ2v) is 8.47. The Labute approximate surface area is 130 Å². The molecule has 3 heteroatoms. The molecule has 2 rings (SSSR count). The van der Waals surface area contributed by atoms with Crippen molar-refractivity contribution in [3.05, 3.63) is 0 Å². The molecule has 2 aliphatic rings. The van der Waals surface area contributed by atoms with E-state index in [-0.39, 0.29) is 0 Å². The molecule has 1 N–H and O–H groups in total. The molecular weight excluding hydrogens is 264 g/mol. The molecular formula is C17H34N2S. The SMILES string of the molecule is CSC1CCCCC1N1CC(C(C)C)NCC1C(C)C. The summed E-state index contributed by atoms with van der Waals surface area (Å²) < 4.78 is 0. The van der Waals surface area contributed by atoms with E-state index < -0.39 is 0 Å². The molecule has 2 nitrogen and oxygen atoms in total. The van der Waals surface area contributed by atoms with Crippen LogP contribution in [0, 0.1) is 11.8 Å². The van der Waals surface area contributed by atoms with E-state index in [1.807, 2.05) is 0 Å². The average Bonchev–Trinajstić information content (AvgIpc) is 2.46. The van der Waals surface area contributed by atoms with Gasteiger partial charge in [0.15, 0.2) is 0 Å². The summed E-state index contributed by atoms with van der Waals surface area (Å²) in [5, 5.41) is 4.66. The smallest absolute Gasteiger partial charge is 0.0247 e. The molecule has 1 aliphatic carbocycles. The van der Waals surface area contributed by atoms with Crippen LogP contribution in [-0.2, 0) is 0 Å². The van der Waals surface area contributed by atoms with E-state index in [1.54, 1.807) is 0 Å². The van der Waals surface area contributed by atoms with Gasteiger partial charge in [0.25, 0.3) is 0 Å². The third-order valence-corrected chi connectivity index (χ3v) is 6.55. The lowest BCUT2D eigenvalue weighted by molar-refractivity contribution is 0.0334. The number of nitrogens with zero attached hydrogens (tertiary/aromatic N) is 1. The van der Waals surface area contributed by atoms with Crippen LogP contribution in [0.2, 0.25) is 0 Å². The topological polar surface area (TPSA) is 15.3 Å². The number of nitrogens with one attached hydrogen (secondary N) is 1. The molecule has 0 amide bonds. The Hall–Kier alpha value is 0.270. The quantitative estimate of drug-likeness (QED) is 0.853. The minimum Gasteiger partial charge on any atom is -0.311 e. The van der Waals surface area contributed by atoms with Crippen molar-refractivity contribution in [3.63, 3.8) is 0 Å². The van der Waals surface area contributed by atoms with Crippen molar-refractivity contribution in [2.24, 2.45) is 11.8 Å². The highest BCUT2D eigenvalue weighted by Gasteiger charge is 2.38. The van der Waals surface area contributed by atoms with Crippen molar-refractivity contribution in [1.29, 1.82) is 0 Å². The fourth-order valence-corrected chi connectivity index (χ4v) is 5.00. The molecule has 1 heterocycles. The molecule has 118 valence electrons. The van der Waals surface area contributed by atoms with Crippen molar-refractivity contribution in [1.82, 2.24) is 10.2 Å². The van der Waals surface area contributed by atoms with Gasteiger partial charge in [-0.2, -0.15) is 11.8 Å². The molecule has 2 fully saturated rings. The minimum atomic E-state index is 0.675. The summed E-state index contributed by atoms with van der Waals surface area (Å²) in [4.78, 5) is 2.90. The van der Waals surface area contributed by atoms with Gasteiger partial charge in [-0.3, -0.25) is 4.90 Å². The Kier molecular flexibility index (Phi) is 6.25. The van der Waals surface area contributed by atoms with Gasteiger partial charge < -0.3 is 5.32 Å². The number of hydrogen-bond donors (Lipinski definition) is 1.